The Morgan fingerprint density at radius 3 is 1.60 bits per heavy atom. The fraction of sp³-hybridized carbons (Fsp3) is 0.200. The fourth-order valence-electron chi connectivity index (χ4n) is 4.83. The van der Waals surface area contributed by atoms with Crippen molar-refractivity contribution in [3.05, 3.63) is 98.8 Å². The first-order valence-electron chi connectivity index (χ1n) is 8.56. The van der Waals surface area contributed by atoms with Crippen LogP contribution in [0.5, 0.6) is 0 Å². The number of rotatable bonds is 1. The molecule has 3 aromatic rings. The van der Waals surface area contributed by atoms with Crippen LogP contribution in [-0.2, 0) is 0 Å². The van der Waals surface area contributed by atoms with Gasteiger partial charge in [0.15, 0.2) is 0 Å². The Kier molecular flexibility index (Phi) is 2.28. The molecular weight excluding hydrogens is 314 g/mol. The van der Waals surface area contributed by atoms with Gasteiger partial charge in [-0.25, -0.2) is 23.5 Å². The van der Waals surface area contributed by atoms with Crippen LogP contribution in [0.25, 0.3) is 5.69 Å². The van der Waals surface area contributed by atoms with Gasteiger partial charge in [0.25, 0.3) is 0 Å². The van der Waals surface area contributed by atoms with Crippen molar-refractivity contribution in [3.63, 3.8) is 0 Å². The second kappa shape index (κ2) is 4.30. The number of aromatic nitrogens is 3. The van der Waals surface area contributed by atoms with Crippen molar-refractivity contribution in [1.29, 1.82) is 0 Å². The summed E-state index contributed by atoms with van der Waals surface area (Å²) in [6, 6.07) is 17.2. The molecule has 5 nitrogen and oxygen atoms in total. The van der Waals surface area contributed by atoms with Gasteiger partial charge in [-0.1, -0.05) is 54.6 Å². The van der Waals surface area contributed by atoms with E-state index in [1.807, 2.05) is 30.3 Å². The summed E-state index contributed by atoms with van der Waals surface area (Å²) in [5.41, 5.74) is 2.46. The van der Waals surface area contributed by atoms with Crippen molar-refractivity contribution in [2.75, 3.05) is 0 Å². The molecule has 2 aliphatic heterocycles. The third-order valence-corrected chi connectivity index (χ3v) is 5.91. The summed E-state index contributed by atoms with van der Waals surface area (Å²) in [6.07, 6.45) is 4.36. The van der Waals surface area contributed by atoms with Gasteiger partial charge in [0.1, 0.15) is 0 Å². The zero-order valence-electron chi connectivity index (χ0n) is 13.3. The SMILES string of the molecule is O=c1n(-c2ccccc2)c(=O)n2n1[C@@H]1c3ccccc3[C@H]2[C@H]2C=C[C@@H]21. The lowest BCUT2D eigenvalue weighted by atomic mass is 9.63. The molecule has 1 aromatic heterocycles. The van der Waals surface area contributed by atoms with E-state index in [1.54, 1.807) is 21.5 Å². The van der Waals surface area contributed by atoms with Crippen LogP contribution in [0, 0.1) is 11.8 Å². The van der Waals surface area contributed by atoms with Crippen LogP contribution in [-0.4, -0.2) is 13.9 Å². The molecule has 2 aromatic carbocycles. The molecule has 4 atom stereocenters. The van der Waals surface area contributed by atoms with Gasteiger partial charge < -0.3 is 0 Å². The summed E-state index contributed by atoms with van der Waals surface area (Å²) in [7, 11) is 0. The van der Waals surface area contributed by atoms with Gasteiger partial charge in [0.05, 0.1) is 17.8 Å². The third kappa shape index (κ3) is 1.41. The van der Waals surface area contributed by atoms with E-state index in [9.17, 15) is 9.59 Å². The zero-order chi connectivity index (χ0) is 16.7. The first kappa shape index (κ1) is 13.2. The van der Waals surface area contributed by atoms with Gasteiger partial charge in [0.2, 0.25) is 0 Å². The maximum absolute atomic E-state index is 13.2. The highest BCUT2D eigenvalue weighted by atomic mass is 16.2. The van der Waals surface area contributed by atoms with Crippen molar-refractivity contribution in [3.8, 4) is 5.69 Å². The Hall–Kier alpha value is -3.08. The third-order valence-electron chi connectivity index (χ3n) is 5.91. The van der Waals surface area contributed by atoms with E-state index in [4.69, 9.17) is 0 Å². The quantitative estimate of drug-likeness (QED) is 0.642. The first-order valence-corrected chi connectivity index (χ1v) is 8.56. The normalized spacial score (nSPS) is 27.4. The molecule has 3 heterocycles. The maximum atomic E-state index is 13.2. The van der Waals surface area contributed by atoms with Gasteiger partial charge in [-0.2, -0.15) is 0 Å². The smallest absolute Gasteiger partial charge is 0.245 e. The van der Waals surface area contributed by atoms with Crippen LogP contribution in [0.4, 0.5) is 0 Å². The summed E-state index contributed by atoms with van der Waals surface area (Å²) < 4.78 is 4.68. The Balaban J connectivity index is 1.71. The number of benzene rings is 2. The fourth-order valence-corrected chi connectivity index (χ4v) is 4.83. The lowest BCUT2D eigenvalue weighted by molar-refractivity contribution is 0.122. The Labute approximate surface area is 143 Å². The van der Waals surface area contributed by atoms with Crippen molar-refractivity contribution in [1.82, 2.24) is 13.9 Å². The van der Waals surface area contributed by atoms with Crippen LogP contribution in [0.2, 0.25) is 0 Å². The van der Waals surface area contributed by atoms with Crippen molar-refractivity contribution < 1.29 is 0 Å². The highest BCUT2D eigenvalue weighted by Crippen LogP contribution is 2.55. The molecule has 5 heteroatoms. The van der Waals surface area contributed by atoms with E-state index in [-0.39, 0.29) is 23.5 Å². The maximum Gasteiger partial charge on any atom is 0.352 e. The lowest BCUT2D eigenvalue weighted by Gasteiger charge is -2.51. The summed E-state index contributed by atoms with van der Waals surface area (Å²) in [6.45, 7) is 0. The average Bonchev–Trinajstić information content (AvgIpc) is 2.88. The minimum absolute atomic E-state index is 0.0960. The second-order valence-corrected chi connectivity index (χ2v) is 6.98. The summed E-state index contributed by atoms with van der Waals surface area (Å²) in [5.74, 6) is 0.590. The molecule has 0 fully saturated rings. The molecule has 0 unspecified atom stereocenters. The van der Waals surface area contributed by atoms with Crippen molar-refractivity contribution in [2.45, 2.75) is 12.1 Å². The monoisotopic (exact) mass is 329 g/mol. The summed E-state index contributed by atoms with van der Waals surface area (Å²) in [4.78, 5) is 26.4. The highest BCUT2D eigenvalue weighted by Gasteiger charge is 2.53. The van der Waals surface area contributed by atoms with E-state index < -0.39 is 0 Å². The van der Waals surface area contributed by atoms with Crippen LogP contribution in [0.15, 0.2) is 76.3 Å². The molecule has 4 aliphatic rings. The van der Waals surface area contributed by atoms with Crippen LogP contribution in [0.1, 0.15) is 23.2 Å². The number of hydrogen-bond acceptors (Lipinski definition) is 2. The minimum Gasteiger partial charge on any atom is -0.245 e. The number of allylic oxidation sites excluding steroid dienone is 2. The number of nitrogens with zero attached hydrogens (tertiary/aromatic N) is 3. The largest absolute Gasteiger partial charge is 0.352 e. The van der Waals surface area contributed by atoms with Gasteiger partial charge in [0, 0.05) is 11.8 Å². The predicted octanol–water partition coefficient (Wildman–Crippen LogP) is 2.11. The molecule has 2 bridgehead atoms. The summed E-state index contributed by atoms with van der Waals surface area (Å²) in [5, 5.41) is 0. The predicted molar refractivity (Wildman–Crippen MR) is 93.1 cm³/mol. The topological polar surface area (TPSA) is 48.9 Å². The van der Waals surface area contributed by atoms with Crippen molar-refractivity contribution in [2.24, 2.45) is 11.8 Å². The van der Waals surface area contributed by atoms with Crippen LogP contribution < -0.4 is 11.4 Å². The van der Waals surface area contributed by atoms with E-state index in [0.717, 1.165) is 0 Å². The minimum atomic E-state index is -0.251. The molecular formula is C20H15N3O2. The molecule has 7 rings (SSSR count). The molecule has 0 saturated carbocycles. The molecule has 25 heavy (non-hydrogen) atoms. The van der Waals surface area contributed by atoms with E-state index in [1.165, 1.54) is 15.7 Å². The molecule has 2 aliphatic carbocycles. The van der Waals surface area contributed by atoms with Crippen molar-refractivity contribution >= 4 is 0 Å². The van der Waals surface area contributed by atoms with Gasteiger partial charge >= 0.3 is 11.4 Å². The van der Waals surface area contributed by atoms with E-state index in [0.29, 0.717) is 17.5 Å². The zero-order valence-corrected chi connectivity index (χ0v) is 13.3. The molecule has 0 spiro atoms. The second-order valence-electron chi connectivity index (χ2n) is 6.98. The Morgan fingerprint density at radius 1 is 0.640 bits per heavy atom. The lowest BCUT2D eigenvalue weighted by Crippen LogP contribution is -2.53. The molecule has 0 saturated heterocycles. The van der Waals surface area contributed by atoms with E-state index >= 15 is 0 Å². The van der Waals surface area contributed by atoms with Gasteiger partial charge in [-0.3, -0.25) is 0 Å². The van der Waals surface area contributed by atoms with Crippen LogP contribution >= 0.6 is 0 Å². The molecule has 0 N–H and O–H groups in total. The Bertz CT molecular complexity index is 1100. The highest BCUT2D eigenvalue weighted by molar-refractivity contribution is 5.45. The van der Waals surface area contributed by atoms with Crippen LogP contribution in [0.3, 0.4) is 0 Å². The Morgan fingerprint density at radius 2 is 1.12 bits per heavy atom. The number of hydrogen-bond donors (Lipinski definition) is 0. The average molecular weight is 329 g/mol. The van der Waals surface area contributed by atoms with Gasteiger partial charge in [-0.15, -0.1) is 0 Å². The summed E-state index contributed by atoms with van der Waals surface area (Å²) >= 11 is 0. The molecule has 0 amide bonds. The standard InChI is InChI=1S/C20H15N3O2/c24-19-21(12-6-2-1-3-7-12)20(25)23-18-14-9-5-4-8-13(14)17(22(19)23)15-10-11-16(15)18/h1-11,15-18H/t15-,16-,17-,18+/m0/s1. The first-order chi connectivity index (χ1) is 12.3. The van der Waals surface area contributed by atoms with Gasteiger partial charge in [-0.05, 0) is 23.3 Å². The molecule has 0 radical (unpaired) electrons. The number of para-hydroxylation sites is 1. The van der Waals surface area contributed by atoms with E-state index in [2.05, 4.69) is 24.3 Å². The molecule has 122 valence electrons.